The molecule has 0 aromatic rings. The highest BCUT2D eigenvalue weighted by Gasteiger charge is 2.23. The smallest absolute Gasteiger partial charge is 0.315 e. The third-order valence-corrected chi connectivity index (χ3v) is 1.95. The molecule has 0 atom stereocenters. The van der Waals surface area contributed by atoms with Gasteiger partial charge in [-0.2, -0.15) is 0 Å². The molecule has 16 heavy (non-hydrogen) atoms. The van der Waals surface area contributed by atoms with Crippen molar-refractivity contribution in [2.75, 3.05) is 6.54 Å². The van der Waals surface area contributed by atoms with Crippen LogP contribution in [0.5, 0.6) is 0 Å². The normalized spacial score (nSPS) is 15.4. The van der Waals surface area contributed by atoms with Crippen LogP contribution in [-0.2, 0) is 9.53 Å². The third-order valence-electron chi connectivity index (χ3n) is 1.95. The molecule has 1 rings (SSSR count). The molecule has 0 aliphatic heterocycles. The van der Waals surface area contributed by atoms with E-state index in [0.29, 0.717) is 12.6 Å². The van der Waals surface area contributed by atoms with Gasteiger partial charge in [0.1, 0.15) is 5.60 Å². The van der Waals surface area contributed by atoms with Crippen LogP contribution in [0, 0.1) is 0 Å². The van der Waals surface area contributed by atoms with E-state index in [0.717, 1.165) is 12.8 Å². The summed E-state index contributed by atoms with van der Waals surface area (Å²) in [6, 6.07) is 0.132. The van der Waals surface area contributed by atoms with Crippen molar-refractivity contribution in [2.45, 2.75) is 51.7 Å². The fraction of sp³-hybridized carbons (Fsp3) is 0.818. The average Bonchev–Trinajstić information content (AvgIpc) is 2.84. The molecule has 1 aliphatic carbocycles. The van der Waals surface area contributed by atoms with Crippen molar-refractivity contribution < 1.29 is 14.3 Å². The van der Waals surface area contributed by atoms with Crippen LogP contribution in [0.4, 0.5) is 4.79 Å². The number of amides is 2. The summed E-state index contributed by atoms with van der Waals surface area (Å²) in [7, 11) is 0. The SMILES string of the molecule is CC(C)(C)OC(=O)CCNC(=O)NC1CC1. The number of ether oxygens (including phenoxy) is 1. The lowest BCUT2D eigenvalue weighted by Crippen LogP contribution is -2.38. The molecule has 1 fully saturated rings. The molecule has 1 aliphatic rings. The zero-order valence-electron chi connectivity index (χ0n) is 10.1. The molecule has 5 heteroatoms. The molecule has 0 unspecified atom stereocenters. The van der Waals surface area contributed by atoms with Gasteiger partial charge < -0.3 is 15.4 Å². The zero-order chi connectivity index (χ0) is 12.2. The Morgan fingerprint density at radius 2 is 1.94 bits per heavy atom. The Bertz CT molecular complexity index is 267. The van der Waals surface area contributed by atoms with Gasteiger partial charge in [-0.3, -0.25) is 4.79 Å². The first-order valence-corrected chi connectivity index (χ1v) is 5.63. The van der Waals surface area contributed by atoms with E-state index in [4.69, 9.17) is 4.74 Å². The predicted octanol–water partition coefficient (Wildman–Crippen LogP) is 1.18. The number of hydrogen-bond acceptors (Lipinski definition) is 3. The Hall–Kier alpha value is -1.26. The summed E-state index contributed by atoms with van der Waals surface area (Å²) in [5.74, 6) is -0.292. The van der Waals surface area contributed by atoms with E-state index >= 15 is 0 Å². The fourth-order valence-corrected chi connectivity index (χ4v) is 1.13. The van der Waals surface area contributed by atoms with Crippen molar-refractivity contribution in [3.8, 4) is 0 Å². The van der Waals surface area contributed by atoms with Crippen LogP contribution >= 0.6 is 0 Å². The van der Waals surface area contributed by atoms with Gasteiger partial charge >= 0.3 is 12.0 Å². The Kier molecular flexibility index (Phi) is 4.15. The highest BCUT2D eigenvalue weighted by atomic mass is 16.6. The maximum Gasteiger partial charge on any atom is 0.315 e. The maximum atomic E-state index is 11.3. The largest absolute Gasteiger partial charge is 0.460 e. The molecule has 1 saturated carbocycles. The quantitative estimate of drug-likeness (QED) is 0.710. The van der Waals surface area contributed by atoms with Gasteiger partial charge in [0.2, 0.25) is 0 Å². The first-order valence-electron chi connectivity index (χ1n) is 5.63. The molecule has 0 saturated heterocycles. The Balaban J connectivity index is 2.05. The van der Waals surface area contributed by atoms with E-state index in [1.165, 1.54) is 0 Å². The zero-order valence-corrected chi connectivity index (χ0v) is 10.1. The van der Waals surface area contributed by atoms with E-state index in [1.807, 2.05) is 20.8 Å². The minimum atomic E-state index is -0.465. The van der Waals surface area contributed by atoms with Gasteiger partial charge in [-0.05, 0) is 33.6 Å². The molecule has 0 aromatic heterocycles. The van der Waals surface area contributed by atoms with Crippen LogP contribution < -0.4 is 10.6 Å². The van der Waals surface area contributed by atoms with E-state index in [9.17, 15) is 9.59 Å². The summed E-state index contributed by atoms with van der Waals surface area (Å²) in [6.07, 6.45) is 2.31. The van der Waals surface area contributed by atoms with E-state index < -0.39 is 5.60 Å². The van der Waals surface area contributed by atoms with Gasteiger partial charge in [0.05, 0.1) is 6.42 Å². The maximum absolute atomic E-state index is 11.3. The van der Waals surface area contributed by atoms with Crippen molar-refractivity contribution in [1.82, 2.24) is 10.6 Å². The van der Waals surface area contributed by atoms with Crippen LogP contribution in [0.3, 0.4) is 0 Å². The average molecular weight is 228 g/mol. The summed E-state index contributed by atoms with van der Waals surface area (Å²) in [6.45, 7) is 5.77. The number of carbonyl (C=O) groups excluding carboxylic acids is 2. The summed E-state index contributed by atoms with van der Waals surface area (Å²) >= 11 is 0. The Morgan fingerprint density at radius 1 is 1.31 bits per heavy atom. The molecular weight excluding hydrogens is 208 g/mol. The van der Waals surface area contributed by atoms with Crippen LogP contribution in [-0.4, -0.2) is 30.2 Å². The number of carbonyl (C=O) groups is 2. The van der Waals surface area contributed by atoms with Gasteiger partial charge in [0.15, 0.2) is 0 Å². The van der Waals surface area contributed by atoms with Crippen molar-refractivity contribution >= 4 is 12.0 Å². The molecule has 0 spiro atoms. The summed E-state index contributed by atoms with van der Waals surface area (Å²) < 4.78 is 5.10. The highest BCUT2D eigenvalue weighted by Crippen LogP contribution is 2.18. The Labute approximate surface area is 95.9 Å². The highest BCUT2D eigenvalue weighted by molar-refractivity contribution is 5.76. The molecule has 92 valence electrons. The van der Waals surface area contributed by atoms with Crippen molar-refractivity contribution in [2.24, 2.45) is 0 Å². The monoisotopic (exact) mass is 228 g/mol. The molecule has 2 amide bonds. The van der Waals surface area contributed by atoms with Gasteiger partial charge in [-0.1, -0.05) is 0 Å². The number of nitrogens with one attached hydrogen (secondary N) is 2. The van der Waals surface area contributed by atoms with Crippen LogP contribution in [0.15, 0.2) is 0 Å². The van der Waals surface area contributed by atoms with E-state index in [-0.39, 0.29) is 18.4 Å². The lowest BCUT2D eigenvalue weighted by Gasteiger charge is -2.19. The molecule has 2 N–H and O–H groups in total. The lowest BCUT2D eigenvalue weighted by molar-refractivity contribution is -0.154. The lowest BCUT2D eigenvalue weighted by atomic mass is 10.2. The minimum Gasteiger partial charge on any atom is -0.460 e. The summed E-state index contributed by atoms with van der Waals surface area (Å²) in [5.41, 5.74) is -0.465. The third kappa shape index (κ3) is 6.27. The molecular formula is C11H20N2O3. The van der Waals surface area contributed by atoms with Gasteiger partial charge in [-0.15, -0.1) is 0 Å². The van der Waals surface area contributed by atoms with E-state index in [2.05, 4.69) is 10.6 Å². The van der Waals surface area contributed by atoms with Gasteiger partial charge in [0.25, 0.3) is 0 Å². The first-order chi connectivity index (χ1) is 7.37. The number of rotatable bonds is 4. The number of hydrogen-bond donors (Lipinski definition) is 2. The minimum absolute atomic E-state index is 0.203. The van der Waals surface area contributed by atoms with Gasteiger partial charge in [0, 0.05) is 12.6 Å². The number of urea groups is 1. The Morgan fingerprint density at radius 3 is 2.44 bits per heavy atom. The van der Waals surface area contributed by atoms with Crippen molar-refractivity contribution in [1.29, 1.82) is 0 Å². The second-order valence-electron chi connectivity index (χ2n) is 5.01. The van der Waals surface area contributed by atoms with Crippen LogP contribution in [0.25, 0.3) is 0 Å². The second kappa shape index (κ2) is 5.18. The van der Waals surface area contributed by atoms with Crippen molar-refractivity contribution in [3.05, 3.63) is 0 Å². The first kappa shape index (κ1) is 12.8. The second-order valence-corrected chi connectivity index (χ2v) is 5.01. The molecule has 0 bridgehead atoms. The van der Waals surface area contributed by atoms with Crippen LogP contribution in [0.1, 0.15) is 40.0 Å². The molecule has 0 aromatic carbocycles. The predicted molar refractivity (Wildman–Crippen MR) is 60.0 cm³/mol. The standard InChI is InChI=1S/C11H20N2O3/c1-11(2,3)16-9(14)6-7-12-10(15)13-8-4-5-8/h8H,4-7H2,1-3H3,(H2,12,13,15). The molecule has 0 heterocycles. The fourth-order valence-electron chi connectivity index (χ4n) is 1.13. The number of esters is 1. The molecule has 0 radical (unpaired) electrons. The molecule has 5 nitrogen and oxygen atoms in total. The van der Waals surface area contributed by atoms with E-state index in [1.54, 1.807) is 0 Å². The van der Waals surface area contributed by atoms with Crippen LogP contribution in [0.2, 0.25) is 0 Å². The van der Waals surface area contributed by atoms with Crippen molar-refractivity contribution in [3.63, 3.8) is 0 Å². The summed E-state index contributed by atoms with van der Waals surface area (Å²) in [4.78, 5) is 22.5. The van der Waals surface area contributed by atoms with Gasteiger partial charge in [-0.25, -0.2) is 4.79 Å². The summed E-state index contributed by atoms with van der Waals surface area (Å²) in [5, 5.41) is 5.39. The topological polar surface area (TPSA) is 67.4 Å².